The van der Waals surface area contributed by atoms with Crippen LogP contribution in [0.2, 0.25) is 0 Å². The third kappa shape index (κ3) is 4.87. The van der Waals surface area contributed by atoms with E-state index in [1.807, 2.05) is 0 Å². The number of amides is 1. The minimum atomic E-state index is -0.651. The molecule has 0 radical (unpaired) electrons. The lowest BCUT2D eigenvalue weighted by Crippen LogP contribution is -2.35. The highest BCUT2D eigenvalue weighted by molar-refractivity contribution is 5.89. The molecule has 2 aromatic carbocycles. The zero-order valence-corrected chi connectivity index (χ0v) is 15.5. The lowest BCUT2D eigenvalue weighted by molar-refractivity contribution is -0.385. The fourth-order valence-corrected chi connectivity index (χ4v) is 2.30. The molecule has 10 nitrogen and oxygen atoms in total. The van der Waals surface area contributed by atoms with E-state index in [4.69, 9.17) is 9.47 Å². The number of rotatable bonds is 8. The highest BCUT2D eigenvalue weighted by Gasteiger charge is 2.17. The summed E-state index contributed by atoms with van der Waals surface area (Å²) in [5.41, 5.74) is 2.69. The molecule has 0 fully saturated rings. The number of nitrogens with zero attached hydrogens (tertiary/aromatic N) is 2. The molecule has 3 N–H and O–H groups in total. The summed E-state index contributed by atoms with van der Waals surface area (Å²) in [7, 11) is 2.79. The van der Waals surface area contributed by atoms with Crippen LogP contribution < -0.4 is 20.2 Å². The van der Waals surface area contributed by atoms with Gasteiger partial charge in [0.25, 0.3) is 11.6 Å². The molecule has 0 aliphatic carbocycles. The molecule has 0 heterocycles. The van der Waals surface area contributed by atoms with Crippen molar-refractivity contribution < 1.29 is 24.3 Å². The summed E-state index contributed by atoms with van der Waals surface area (Å²) in [6.45, 7) is 1.63. The molecule has 0 spiro atoms. The number of methoxy groups -OCH3 is 2. The topological polar surface area (TPSA) is 135 Å². The second-order valence-electron chi connectivity index (χ2n) is 5.64. The Morgan fingerprint density at radius 1 is 1.25 bits per heavy atom. The number of hydrogen-bond acceptors (Lipinski definition) is 8. The van der Waals surface area contributed by atoms with Crippen LogP contribution in [0.25, 0.3) is 0 Å². The zero-order valence-electron chi connectivity index (χ0n) is 15.5. The van der Waals surface area contributed by atoms with Crippen LogP contribution in [0.4, 0.5) is 11.4 Å². The van der Waals surface area contributed by atoms with Crippen molar-refractivity contribution in [1.82, 2.24) is 5.43 Å². The van der Waals surface area contributed by atoms with Gasteiger partial charge < -0.3 is 19.9 Å². The Balaban J connectivity index is 2.08. The predicted octanol–water partition coefficient (Wildman–Crippen LogP) is 2.27. The molecular formula is C18H20N4O6. The monoisotopic (exact) mass is 388 g/mol. The number of phenols is 1. The molecular weight excluding hydrogens is 368 g/mol. The number of carbonyl (C=O) groups is 1. The molecule has 0 aromatic heterocycles. The molecule has 0 bridgehead atoms. The van der Waals surface area contributed by atoms with Crippen LogP contribution in [0.1, 0.15) is 12.5 Å². The number of carbonyl (C=O) groups excluding carboxylic acids is 1. The van der Waals surface area contributed by atoms with E-state index < -0.39 is 16.9 Å². The van der Waals surface area contributed by atoms with E-state index in [1.54, 1.807) is 31.2 Å². The van der Waals surface area contributed by atoms with Crippen LogP contribution in [0.5, 0.6) is 17.2 Å². The molecule has 0 saturated heterocycles. The van der Waals surface area contributed by atoms with Crippen LogP contribution in [0, 0.1) is 10.1 Å². The minimum absolute atomic E-state index is 0.0247. The zero-order chi connectivity index (χ0) is 20.7. The van der Waals surface area contributed by atoms with Gasteiger partial charge >= 0.3 is 0 Å². The molecule has 0 saturated carbocycles. The average Bonchev–Trinajstić information content (AvgIpc) is 2.69. The van der Waals surface area contributed by atoms with Gasteiger partial charge in [-0.05, 0) is 19.1 Å². The molecule has 1 amide bonds. The Morgan fingerprint density at radius 3 is 2.57 bits per heavy atom. The quantitative estimate of drug-likeness (QED) is 0.358. The van der Waals surface area contributed by atoms with Crippen molar-refractivity contribution in [2.24, 2.45) is 5.10 Å². The number of aromatic hydroxyl groups is 1. The van der Waals surface area contributed by atoms with Gasteiger partial charge in [-0.2, -0.15) is 5.10 Å². The summed E-state index contributed by atoms with van der Waals surface area (Å²) in [5.74, 6) is -0.280. The fourth-order valence-electron chi connectivity index (χ4n) is 2.30. The number of phenolic OH excluding ortho intramolecular Hbond substituents is 1. The molecule has 10 heteroatoms. The van der Waals surface area contributed by atoms with Crippen LogP contribution in [-0.2, 0) is 4.79 Å². The fraction of sp³-hybridized carbons (Fsp3) is 0.222. The second-order valence-corrected chi connectivity index (χ2v) is 5.64. The molecule has 1 atom stereocenters. The first-order valence-electron chi connectivity index (χ1n) is 8.15. The number of hydrogen-bond donors (Lipinski definition) is 3. The van der Waals surface area contributed by atoms with E-state index in [-0.39, 0.29) is 22.7 Å². The Labute approximate surface area is 160 Å². The van der Waals surface area contributed by atoms with Crippen LogP contribution in [0.15, 0.2) is 41.5 Å². The van der Waals surface area contributed by atoms with Crippen molar-refractivity contribution in [2.45, 2.75) is 13.0 Å². The summed E-state index contributed by atoms with van der Waals surface area (Å²) < 4.78 is 10.1. The normalized spacial score (nSPS) is 11.7. The Kier molecular flexibility index (Phi) is 6.74. The first-order valence-corrected chi connectivity index (χ1v) is 8.15. The smallest absolute Gasteiger partial charge is 0.274 e. The maximum Gasteiger partial charge on any atom is 0.274 e. The maximum absolute atomic E-state index is 12.2. The van der Waals surface area contributed by atoms with Crippen molar-refractivity contribution in [3.05, 3.63) is 52.1 Å². The summed E-state index contributed by atoms with van der Waals surface area (Å²) >= 11 is 0. The minimum Gasteiger partial charge on any atom is -0.504 e. The number of non-ortho nitro benzene ring substituents is 1. The van der Waals surface area contributed by atoms with Crippen molar-refractivity contribution >= 4 is 23.5 Å². The van der Waals surface area contributed by atoms with E-state index in [0.717, 1.165) is 18.3 Å². The van der Waals surface area contributed by atoms with Crippen molar-refractivity contribution in [3.8, 4) is 17.2 Å². The van der Waals surface area contributed by atoms with Crippen LogP contribution in [-0.4, -0.2) is 42.4 Å². The Bertz CT molecular complexity index is 900. The number of benzene rings is 2. The maximum atomic E-state index is 12.2. The van der Waals surface area contributed by atoms with Gasteiger partial charge in [-0.1, -0.05) is 12.1 Å². The van der Waals surface area contributed by atoms with E-state index in [2.05, 4.69) is 15.8 Å². The van der Waals surface area contributed by atoms with Crippen molar-refractivity contribution in [2.75, 3.05) is 19.5 Å². The number of para-hydroxylation sites is 2. The van der Waals surface area contributed by atoms with Gasteiger partial charge in [0.1, 0.15) is 11.8 Å². The lowest BCUT2D eigenvalue weighted by Gasteiger charge is -2.15. The van der Waals surface area contributed by atoms with Gasteiger partial charge in [0, 0.05) is 11.6 Å². The Hall–Kier alpha value is -3.82. The van der Waals surface area contributed by atoms with Crippen molar-refractivity contribution in [1.29, 1.82) is 0 Å². The van der Waals surface area contributed by atoms with E-state index in [0.29, 0.717) is 11.4 Å². The van der Waals surface area contributed by atoms with Crippen LogP contribution >= 0.6 is 0 Å². The Morgan fingerprint density at radius 2 is 1.93 bits per heavy atom. The van der Waals surface area contributed by atoms with Gasteiger partial charge in [-0.25, -0.2) is 5.43 Å². The highest BCUT2D eigenvalue weighted by Crippen LogP contribution is 2.33. The average molecular weight is 388 g/mol. The molecule has 0 unspecified atom stereocenters. The molecule has 148 valence electrons. The molecule has 0 aliphatic heterocycles. The number of nitro groups is 1. The van der Waals surface area contributed by atoms with Gasteiger partial charge in [-0.3, -0.25) is 14.9 Å². The molecule has 2 aromatic rings. The van der Waals surface area contributed by atoms with Gasteiger partial charge in [0.15, 0.2) is 11.5 Å². The first-order chi connectivity index (χ1) is 13.4. The molecule has 2 rings (SSSR count). The molecule has 28 heavy (non-hydrogen) atoms. The van der Waals surface area contributed by atoms with Gasteiger partial charge in [-0.15, -0.1) is 0 Å². The van der Waals surface area contributed by atoms with Gasteiger partial charge in [0.05, 0.1) is 37.1 Å². The number of ether oxygens (including phenoxy) is 2. The van der Waals surface area contributed by atoms with E-state index in [1.165, 1.54) is 14.2 Å². The number of hydrazone groups is 1. The summed E-state index contributed by atoms with van der Waals surface area (Å²) in [6, 6.07) is 8.67. The summed E-state index contributed by atoms with van der Waals surface area (Å²) in [6.07, 6.45) is 1.10. The van der Waals surface area contributed by atoms with Crippen LogP contribution in [0.3, 0.4) is 0 Å². The second kappa shape index (κ2) is 9.21. The number of anilines is 1. The standard InChI is InChI=1S/C18H20N4O6/c1-11(20-14-6-4-5-7-15(14)27-2)18(24)21-19-10-12-8-13(22(25)26)9-16(28-3)17(12)23/h4-11,20,23H,1-3H3,(H,21,24)/b19-10-/t11-/m1/s1. The summed E-state index contributed by atoms with van der Waals surface area (Å²) in [4.78, 5) is 22.5. The third-order valence-corrected chi connectivity index (χ3v) is 3.77. The first kappa shape index (κ1) is 20.5. The SMILES string of the molecule is COc1ccccc1N[C@H](C)C(=O)N/N=C\c1cc([N+](=O)[O-])cc(OC)c1O. The third-order valence-electron chi connectivity index (χ3n) is 3.77. The number of nitrogens with one attached hydrogen (secondary N) is 2. The summed E-state index contributed by atoms with van der Waals surface area (Å²) in [5, 5.41) is 27.8. The predicted molar refractivity (Wildman–Crippen MR) is 103 cm³/mol. The highest BCUT2D eigenvalue weighted by atomic mass is 16.6. The van der Waals surface area contributed by atoms with Gasteiger partial charge in [0.2, 0.25) is 0 Å². The number of nitro benzene ring substituents is 1. The molecule has 0 aliphatic rings. The van der Waals surface area contributed by atoms with Crippen molar-refractivity contribution in [3.63, 3.8) is 0 Å². The lowest BCUT2D eigenvalue weighted by atomic mass is 10.2. The van der Waals surface area contributed by atoms with E-state index in [9.17, 15) is 20.0 Å². The van der Waals surface area contributed by atoms with E-state index >= 15 is 0 Å². The largest absolute Gasteiger partial charge is 0.504 e.